The molecule has 0 saturated heterocycles. The SMILES string of the molecule is COC(=O)c1ccc(N)c(NCCC(=O)NC(C)(C)C)n1. The van der Waals surface area contributed by atoms with E-state index in [4.69, 9.17) is 5.73 Å². The van der Waals surface area contributed by atoms with Crippen molar-refractivity contribution in [1.82, 2.24) is 10.3 Å². The molecule has 1 aromatic heterocycles. The number of nitrogen functional groups attached to an aromatic ring is 1. The van der Waals surface area contributed by atoms with Crippen molar-refractivity contribution in [1.29, 1.82) is 0 Å². The number of esters is 1. The van der Waals surface area contributed by atoms with Gasteiger partial charge in [0.05, 0.1) is 12.8 Å². The predicted molar refractivity (Wildman–Crippen MR) is 81.0 cm³/mol. The highest BCUT2D eigenvalue weighted by molar-refractivity contribution is 5.88. The van der Waals surface area contributed by atoms with E-state index in [-0.39, 0.29) is 23.6 Å². The second-order valence-corrected chi connectivity index (χ2v) is 5.60. The Bertz CT molecular complexity index is 523. The van der Waals surface area contributed by atoms with Crippen LogP contribution in [0.2, 0.25) is 0 Å². The lowest BCUT2D eigenvalue weighted by molar-refractivity contribution is -0.122. The molecule has 7 heteroatoms. The Hall–Kier alpha value is -2.31. The molecule has 1 heterocycles. The Morgan fingerprint density at radius 2 is 2.00 bits per heavy atom. The number of pyridine rings is 1. The zero-order valence-electron chi connectivity index (χ0n) is 12.8. The Balaban J connectivity index is 2.59. The molecule has 0 unspecified atom stereocenters. The maximum Gasteiger partial charge on any atom is 0.356 e. The van der Waals surface area contributed by atoms with Gasteiger partial charge in [0.2, 0.25) is 5.91 Å². The van der Waals surface area contributed by atoms with Crippen LogP contribution in [0.1, 0.15) is 37.7 Å². The van der Waals surface area contributed by atoms with Crippen LogP contribution < -0.4 is 16.4 Å². The average molecular weight is 294 g/mol. The topological polar surface area (TPSA) is 106 Å². The Morgan fingerprint density at radius 3 is 2.57 bits per heavy atom. The number of hydrogen-bond acceptors (Lipinski definition) is 6. The minimum Gasteiger partial charge on any atom is -0.464 e. The van der Waals surface area contributed by atoms with Gasteiger partial charge in [-0.2, -0.15) is 0 Å². The van der Waals surface area contributed by atoms with Crippen LogP contribution in [0, 0.1) is 0 Å². The minimum atomic E-state index is -0.538. The first kappa shape index (κ1) is 16.7. The van der Waals surface area contributed by atoms with E-state index in [1.807, 2.05) is 20.8 Å². The van der Waals surface area contributed by atoms with Crippen LogP contribution in [0.15, 0.2) is 12.1 Å². The molecule has 1 aromatic rings. The molecule has 21 heavy (non-hydrogen) atoms. The summed E-state index contributed by atoms with van der Waals surface area (Å²) in [6.07, 6.45) is 0.279. The lowest BCUT2D eigenvalue weighted by Gasteiger charge is -2.20. The fourth-order valence-electron chi connectivity index (χ4n) is 1.60. The van der Waals surface area contributed by atoms with Gasteiger partial charge >= 0.3 is 5.97 Å². The van der Waals surface area contributed by atoms with Crippen molar-refractivity contribution in [3.63, 3.8) is 0 Å². The molecule has 116 valence electrons. The lowest BCUT2D eigenvalue weighted by Crippen LogP contribution is -2.41. The van der Waals surface area contributed by atoms with Crippen molar-refractivity contribution in [2.45, 2.75) is 32.7 Å². The van der Waals surface area contributed by atoms with Gasteiger partial charge in [0, 0.05) is 18.5 Å². The van der Waals surface area contributed by atoms with Gasteiger partial charge in [0.25, 0.3) is 0 Å². The third kappa shape index (κ3) is 5.68. The van der Waals surface area contributed by atoms with E-state index >= 15 is 0 Å². The van der Waals surface area contributed by atoms with Gasteiger partial charge < -0.3 is 21.1 Å². The average Bonchev–Trinajstić information content (AvgIpc) is 2.38. The first-order chi connectivity index (χ1) is 9.73. The summed E-state index contributed by atoms with van der Waals surface area (Å²) >= 11 is 0. The second kappa shape index (κ2) is 6.92. The summed E-state index contributed by atoms with van der Waals surface area (Å²) in [7, 11) is 1.28. The van der Waals surface area contributed by atoms with Crippen LogP contribution in [0.4, 0.5) is 11.5 Å². The largest absolute Gasteiger partial charge is 0.464 e. The molecule has 4 N–H and O–H groups in total. The van der Waals surface area contributed by atoms with Crippen molar-refractivity contribution in [2.24, 2.45) is 0 Å². The molecular weight excluding hydrogens is 272 g/mol. The third-order valence-electron chi connectivity index (χ3n) is 2.48. The van der Waals surface area contributed by atoms with E-state index in [2.05, 4.69) is 20.4 Å². The van der Waals surface area contributed by atoms with Crippen LogP contribution in [0.25, 0.3) is 0 Å². The molecule has 0 radical (unpaired) electrons. The van der Waals surface area contributed by atoms with Gasteiger partial charge in [-0.15, -0.1) is 0 Å². The summed E-state index contributed by atoms with van der Waals surface area (Å²) in [5, 5.41) is 5.80. The van der Waals surface area contributed by atoms with Gasteiger partial charge in [0.1, 0.15) is 5.82 Å². The smallest absolute Gasteiger partial charge is 0.356 e. The monoisotopic (exact) mass is 294 g/mol. The number of anilines is 2. The van der Waals surface area contributed by atoms with Gasteiger partial charge in [-0.3, -0.25) is 4.79 Å². The highest BCUT2D eigenvalue weighted by Crippen LogP contribution is 2.16. The van der Waals surface area contributed by atoms with Crippen LogP contribution in [0.3, 0.4) is 0 Å². The van der Waals surface area contributed by atoms with Crippen molar-refractivity contribution in [3.05, 3.63) is 17.8 Å². The molecule has 0 aliphatic heterocycles. The molecule has 1 amide bonds. The molecular formula is C14H22N4O3. The first-order valence-corrected chi connectivity index (χ1v) is 6.62. The summed E-state index contributed by atoms with van der Waals surface area (Å²) in [6.45, 7) is 6.11. The van der Waals surface area contributed by atoms with Crippen molar-refractivity contribution >= 4 is 23.4 Å². The van der Waals surface area contributed by atoms with E-state index in [9.17, 15) is 9.59 Å². The maximum absolute atomic E-state index is 11.7. The van der Waals surface area contributed by atoms with Crippen molar-refractivity contribution < 1.29 is 14.3 Å². The van der Waals surface area contributed by atoms with Crippen LogP contribution >= 0.6 is 0 Å². The maximum atomic E-state index is 11.7. The molecule has 1 rings (SSSR count). The molecule has 0 aliphatic rings. The number of nitrogens with one attached hydrogen (secondary N) is 2. The number of ether oxygens (including phenoxy) is 1. The van der Waals surface area contributed by atoms with Gasteiger partial charge in [0.15, 0.2) is 5.69 Å². The number of nitrogens with zero attached hydrogens (tertiary/aromatic N) is 1. The number of amides is 1. The molecule has 0 bridgehead atoms. The second-order valence-electron chi connectivity index (χ2n) is 5.60. The zero-order valence-corrected chi connectivity index (χ0v) is 12.8. The number of nitrogens with two attached hydrogens (primary N) is 1. The quantitative estimate of drug-likeness (QED) is 0.704. The Morgan fingerprint density at radius 1 is 1.33 bits per heavy atom. The summed E-state index contributed by atoms with van der Waals surface area (Å²) < 4.78 is 4.59. The third-order valence-corrected chi connectivity index (χ3v) is 2.48. The number of rotatable bonds is 5. The minimum absolute atomic E-state index is 0.0716. The summed E-state index contributed by atoms with van der Waals surface area (Å²) in [5.74, 6) is -0.248. The lowest BCUT2D eigenvalue weighted by atomic mass is 10.1. The summed E-state index contributed by atoms with van der Waals surface area (Å²) in [6, 6.07) is 3.05. The van der Waals surface area contributed by atoms with E-state index < -0.39 is 5.97 Å². The highest BCUT2D eigenvalue weighted by atomic mass is 16.5. The molecule has 7 nitrogen and oxygen atoms in total. The van der Waals surface area contributed by atoms with Gasteiger partial charge in [-0.25, -0.2) is 9.78 Å². The number of carbonyl (C=O) groups is 2. The number of methoxy groups -OCH3 is 1. The highest BCUT2D eigenvalue weighted by Gasteiger charge is 2.14. The predicted octanol–water partition coefficient (Wildman–Crippen LogP) is 1.17. The van der Waals surface area contributed by atoms with Crippen LogP contribution in [0.5, 0.6) is 0 Å². The van der Waals surface area contributed by atoms with E-state index in [1.54, 1.807) is 6.07 Å². The molecule has 0 saturated carbocycles. The van der Waals surface area contributed by atoms with E-state index in [0.29, 0.717) is 18.1 Å². The van der Waals surface area contributed by atoms with Gasteiger partial charge in [-0.1, -0.05) is 0 Å². The van der Waals surface area contributed by atoms with Crippen LogP contribution in [-0.4, -0.2) is 36.1 Å². The van der Waals surface area contributed by atoms with Crippen molar-refractivity contribution in [3.8, 4) is 0 Å². The summed E-state index contributed by atoms with van der Waals surface area (Å²) in [5.41, 5.74) is 6.07. The standard InChI is InChI=1S/C14H22N4O3/c1-14(2,3)18-11(19)7-8-16-12-9(15)5-6-10(17-12)13(20)21-4/h5-6H,7-8,15H2,1-4H3,(H,16,17)(H,18,19). The fraction of sp³-hybridized carbons (Fsp3) is 0.500. The number of hydrogen-bond donors (Lipinski definition) is 3. The summed E-state index contributed by atoms with van der Waals surface area (Å²) in [4.78, 5) is 27.1. The normalized spacial score (nSPS) is 10.9. The first-order valence-electron chi connectivity index (χ1n) is 6.62. The van der Waals surface area contributed by atoms with E-state index in [1.165, 1.54) is 13.2 Å². The zero-order chi connectivity index (χ0) is 16.0. The van der Waals surface area contributed by atoms with Gasteiger partial charge in [-0.05, 0) is 32.9 Å². The van der Waals surface area contributed by atoms with Crippen LogP contribution in [-0.2, 0) is 9.53 Å². The van der Waals surface area contributed by atoms with E-state index in [0.717, 1.165) is 0 Å². The number of carbonyl (C=O) groups excluding carboxylic acids is 2. The Kier molecular flexibility index (Phi) is 5.52. The number of aromatic nitrogens is 1. The molecule has 0 atom stereocenters. The molecule has 0 spiro atoms. The van der Waals surface area contributed by atoms with Crippen molar-refractivity contribution in [2.75, 3.05) is 24.7 Å². The molecule has 0 fully saturated rings. The molecule has 0 aromatic carbocycles. The Labute approximate surface area is 124 Å². The fourth-order valence-corrected chi connectivity index (χ4v) is 1.60. The molecule has 0 aliphatic carbocycles.